The zero-order chi connectivity index (χ0) is 17.4. The standard InChI is InChI=1S/C18H31NO4/c1-17(2,3)14(15(21)18(4,5)6)19-13(20)9-11-10-23-16-12(11)7-8-22-16/h11-12,14,16H,7-10H2,1-6H3,(H,19,20). The van der Waals surface area contributed by atoms with Crippen molar-refractivity contribution in [3.8, 4) is 0 Å². The molecule has 0 aromatic heterocycles. The maximum Gasteiger partial charge on any atom is 0.220 e. The van der Waals surface area contributed by atoms with E-state index in [1.165, 1.54) is 0 Å². The lowest BCUT2D eigenvalue weighted by atomic mass is 9.75. The van der Waals surface area contributed by atoms with Crippen LogP contribution in [0.4, 0.5) is 0 Å². The van der Waals surface area contributed by atoms with Gasteiger partial charge in [-0.2, -0.15) is 0 Å². The Morgan fingerprint density at radius 3 is 2.35 bits per heavy atom. The molecule has 0 aliphatic carbocycles. The highest BCUT2D eigenvalue weighted by Crippen LogP contribution is 2.37. The van der Waals surface area contributed by atoms with Crippen LogP contribution in [0.25, 0.3) is 0 Å². The number of carbonyl (C=O) groups excluding carboxylic acids is 2. The predicted molar refractivity (Wildman–Crippen MR) is 87.8 cm³/mol. The van der Waals surface area contributed by atoms with Gasteiger partial charge in [-0.15, -0.1) is 0 Å². The highest BCUT2D eigenvalue weighted by Gasteiger charge is 2.43. The molecule has 0 radical (unpaired) electrons. The molecule has 2 fully saturated rings. The lowest BCUT2D eigenvalue weighted by Gasteiger charge is -2.35. The molecule has 4 unspecified atom stereocenters. The summed E-state index contributed by atoms with van der Waals surface area (Å²) in [4.78, 5) is 25.2. The smallest absolute Gasteiger partial charge is 0.220 e. The first-order valence-corrected chi connectivity index (χ1v) is 8.57. The predicted octanol–water partition coefficient (Wildman–Crippen LogP) is 2.53. The molecular formula is C18H31NO4. The number of rotatable bonds is 4. The number of fused-ring (bicyclic) bond motifs is 1. The van der Waals surface area contributed by atoms with E-state index in [0.717, 1.165) is 6.42 Å². The molecule has 4 atom stereocenters. The highest BCUT2D eigenvalue weighted by molar-refractivity contribution is 5.93. The van der Waals surface area contributed by atoms with Crippen molar-refractivity contribution in [3.63, 3.8) is 0 Å². The summed E-state index contributed by atoms with van der Waals surface area (Å²) in [6.45, 7) is 12.9. The Balaban J connectivity index is 1.99. The SMILES string of the molecule is CC(C)(C)C(=O)C(NC(=O)CC1COC2OCCC12)C(C)(C)C. The normalized spacial score (nSPS) is 29.2. The van der Waals surface area contributed by atoms with E-state index in [-0.39, 0.29) is 29.3 Å². The molecule has 2 aliphatic rings. The summed E-state index contributed by atoms with van der Waals surface area (Å²) in [7, 11) is 0. The van der Waals surface area contributed by atoms with Gasteiger partial charge in [0.25, 0.3) is 0 Å². The zero-order valence-corrected chi connectivity index (χ0v) is 15.3. The van der Waals surface area contributed by atoms with Crippen LogP contribution in [0.15, 0.2) is 0 Å². The van der Waals surface area contributed by atoms with E-state index in [2.05, 4.69) is 5.32 Å². The second kappa shape index (κ2) is 6.52. The molecule has 2 rings (SSSR count). The first-order chi connectivity index (χ1) is 10.5. The number of amides is 1. The summed E-state index contributed by atoms with van der Waals surface area (Å²) in [6, 6.07) is -0.479. The van der Waals surface area contributed by atoms with Gasteiger partial charge in [0.2, 0.25) is 5.91 Å². The first kappa shape index (κ1) is 18.4. The number of nitrogens with one attached hydrogen (secondary N) is 1. The molecule has 1 N–H and O–H groups in total. The van der Waals surface area contributed by atoms with Crippen LogP contribution in [0.2, 0.25) is 0 Å². The van der Waals surface area contributed by atoms with Crippen LogP contribution in [0.3, 0.4) is 0 Å². The third-order valence-corrected chi connectivity index (χ3v) is 4.78. The van der Waals surface area contributed by atoms with E-state index in [0.29, 0.717) is 25.6 Å². The molecule has 2 heterocycles. The van der Waals surface area contributed by atoms with Crippen LogP contribution in [0.1, 0.15) is 54.4 Å². The molecule has 1 amide bonds. The van der Waals surface area contributed by atoms with E-state index in [1.54, 1.807) is 0 Å². The number of Topliss-reactive ketones (excluding diaryl/α,β-unsaturated/α-hetero) is 1. The Kier molecular flexibility index (Phi) is 5.21. The van der Waals surface area contributed by atoms with E-state index < -0.39 is 11.5 Å². The highest BCUT2D eigenvalue weighted by atomic mass is 16.7. The Hall–Kier alpha value is -0.940. The molecule has 5 heteroatoms. The first-order valence-electron chi connectivity index (χ1n) is 8.57. The molecular weight excluding hydrogens is 294 g/mol. The largest absolute Gasteiger partial charge is 0.352 e. The molecule has 5 nitrogen and oxygen atoms in total. The minimum absolute atomic E-state index is 0.0660. The number of hydrogen-bond acceptors (Lipinski definition) is 4. The molecule has 23 heavy (non-hydrogen) atoms. The van der Waals surface area contributed by atoms with E-state index in [9.17, 15) is 9.59 Å². The van der Waals surface area contributed by atoms with Crippen LogP contribution in [0.5, 0.6) is 0 Å². The fourth-order valence-corrected chi connectivity index (χ4v) is 3.33. The molecule has 0 aromatic rings. The van der Waals surface area contributed by atoms with Crippen LogP contribution in [-0.4, -0.2) is 37.2 Å². The van der Waals surface area contributed by atoms with Crippen molar-refractivity contribution in [1.82, 2.24) is 5.32 Å². The Morgan fingerprint density at radius 2 is 1.78 bits per heavy atom. The second-order valence-corrected chi connectivity index (χ2v) is 8.97. The fraction of sp³-hybridized carbons (Fsp3) is 0.889. The van der Waals surface area contributed by atoms with Crippen molar-refractivity contribution >= 4 is 11.7 Å². The molecule has 0 saturated carbocycles. The maximum absolute atomic E-state index is 12.7. The zero-order valence-electron chi connectivity index (χ0n) is 15.3. The van der Waals surface area contributed by atoms with Crippen molar-refractivity contribution in [2.45, 2.75) is 66.7 Å². The lowest BCUT2D eigenvalue weighted by molar-refractivity contribution is -0.135. The average Bonchev–Trinajstić information content (AvgIpc) is 2.97. The molecule has 0 bridgehead atoms. The number of hydrogen-bond donors (Lipinski definition) is 1. The van der Waals surface area contributed by atoms with Gasteiger partial charge in [0, 0.05) is 17.8 Å². The van der Waals surface area contributed by atoms with Gasteiger partial charge in [-0.1, -0.05) is 41.5 Å². The second-order valence-electron chi connectivity index (χ2n) is 8.97. The number of carbonyl (C=O) groups is 2. The van der Waals surface area contributed by atoms with Gasteiger partial charge < -0.3 is 14.8 Å². The van der Waals surface area contributed by atoms with Gasteiger partial charge in [0.1, 0.15) is 0 Å². The lowest BCUT2D eigenvalue weighted by Crippen LogP contribution is -2.53. The Morgan fingerprint density at radius 1 is 1.13 bits per heavy atom. The molecule has 132 valence electrons. The van der Waals surface area contributed by atoms with Gasteiger partial charge >= 0.3 is 0 Å². The van der Waals surface area contributed by atoms with Gasteiger partial charge in [-0.3, -0.25) is 9.59 Å². The van der Waals surface area contributed by atoms with E-state index >= 15 is 0 Å². The summed E-state index contributed by atoms with van der Waals surface area (Å²) in [5, 5.41) is 2.99. The summed E-state index contributed by atoms with van der Waals surface area (Å²) < 4.78 is 11.1. The molecule has 0 spiro atoms. The van der Waals surface area contributed by atoms with Crippen LogP contribution >= 0.6 is 0 Å². The quantitative estimate of drug-likeness (QED) is 0.862. The van der Waals surface area contributed by atoms with Crippen molar-refractivity contribution in [2.75, 3.05) is 13.2 Å². The van der Waals surface area contributed by atoms with Crippen molar-refractivity contribution in [2.24, 2.45) is 22.7 Å². The summed E-state index contributed by atoms with van der Waals surface area (Å²) >= 11 is 0. The number of ketones is 1. The van der Waals surface area contributed by atoms with Crippen molar-refractivity contribution in [1.29, 1.82) is 0 Å². The minimum atomic E-state index is -0.480. The Labute approximate surface area is 139 Å². The molecule has 2 aliphatic heterocycles. The minimum Gasteiger partial charge on any atom is -0.352 e. The summed E-state index contributed by atoms with van der Waals surface area (Å²) in [5.41, 5.74) is -0.794. The van der Waals surface area contributed by atoms with Crippen molar-refractivity contribution < 1.29 is 19.1 Å². The van der Waals surface area contributed by atoms with Crippen LogP contribution in [-0.2, 0) is 19.1 Å². The van der Waals surface area contributed by atoms with Gasteiger partial charge in [-0.25, -0.2) is 0 Å². The third-order valence-electron chi connectivity index (χ3n) is 4.78. The van der Waals surface area contributed by atoms with Gasteiger partial charge in [0.15, 0.2) is 12.1 Å². The summed E-state index contributed by atoms with van der Waals surface area (Å²) in [5.74, 6) is 0.506. The average molecular weight is 325 g/mol. The monoisotopic (exact) mass is 325 g/mol. The summed E-state index contributed by atoms with van der Waals surface area (Å²) in [6.07, 6.45) is 1.21. The Bertz CT molecular complexity index is 461. The maximum atomic E-state index is 12.7. The third kappa shape index (κ3) is 4.32. The van der Waals surface area contributed by atoms with Crippen LogP contribution < -0.4 is 5.32 Å². The van der Waals surface area contributed by atoms with E-state index in [4.69, 9.17) is 9.47 Å². The molecule has 2 saturated heterocycles. The molecule has 0 aromatic carbocycles. The fourth-order valence-electron chi connectivity index (χ4n) is 3.33. The topological polar surface area (TPSA) is 64.6 Å². The van der Waals surface area contributed by atoms with Gasteiger partial charge in [0.05, 0.1) is 19.3 Å². The van der Waals surface area contributed by atoms with Crippen molar-refractivity contribution in [3.05, 3.63) is 0 Å². The van der Waals surface area contributed by atoms with Crippen LogP contribution in [0, 0.1) is 22.7 Å². The van der Waals surface area contributed by atoms with Gasteiger partial charge in [-0.05, 0) is 17.8 Å². The van der Waals surface area contributed by atoms with E-state index in [1.807, 2.05) is 41.5 Å². The number of ether oxygens (including phenoxy) is 2.